The third kappa shape index (κ3) is 3.31. The Labute approximate surface area is 122 Å². The van der Waals surface area contributed by atoms with Gasteiger partial charge in [0.05, 0.1) is 13.7 Å². The maximum absolute atomic E-state index is 12.1. The van der Waals surface area contributed by atoms with Crippen LogP contribution in [0.1, 0.15) is 6.92 Å². The van der Waals surface area contributed by atoms with Crippen molar-refractivity contribution >= 4 is 5.91 Å². The third-order valence-corrected chi connectivity index (χ3v) is 3.09. The number of benzene rings is 1. The molecular formula is C14H18N4O3. The first-order valence-electron chi connectivity index (χ1n) is 6.55. The zero-order valence-corrected chi connectivity index (χ0v) is 12.3. The van der Waals surface area contributed by atoms with Gasteiger partial charge in [-0.2, -0.15) is 0 Å². The van der Waals surface area contributed by atoms with Gasteiger partial charge in [-0.3, -0.25) is 9.36 Å². The van der Waals surface area contributed by atoms with E-state index in [0.717, 1.165) is 11.3 Å². The van der Waals surface area contributed by atoms with Gasteiger partial charge in [0.1, 0.15) is 5.75 Å². The second-order valence-corrected chi connectivity index (χ2v) is 4.60. The smallest absolute Gasteiger partial charge is 0.345 e. The molecule has 0 saturated carbocycles. The molecule has 0 bridgehead atoms. The number of rotatable bonds is 5. The zero-order chi connectivity index (χ0) is 15.4. The van der Waals surface area contributed by atoms with Crippen LogP contribution in [0.4, 0.5) is 0 Å². The zero-order valence-electron chi connectivity index (χ0n) is 12.3. The molecule has 0 spiro atoms. The molecule has 0 aliphatic heterocycles. The van der Waals surface area contributed by atoms with Crippen molar-refractivity contribution in [2.24, 2.45) is 7.05 Å². The number of ether oxygens (including phenoxy) is 1. The summed E-state index contributed by atoms with van der Waals surface area (Å²) in [5.41, 5.74) is 0.611. The van der Waals surface area contributed by atoms with Gasteiger partial charge in [-0.15, -0.1) is 5.10 Å². The van der Waals surface area contributed by atoms with E-state index in [4.69, 9.17) is 4.74 Å². The third-order valence-electron chi connectivity index (χ3n) is 3.09. The Bertz CT molecular complexity index is 685. The van der Waals surface area contributed by atoms with Crippen molar-refractivity contribution < 1.29 is 9.53 Å². The van der Waals surface area contributed by atoms with Gasteiger partial charge in [-0.05, 0) is 24.3 Å². The van der Waals surface area contributed by atoms with Gasteiger partial charge < -0.3 is 10.1 Å². The van der Waals surface area contributed by atoms with E-state index in [1.165, 1.54) is 16.2 Å². The van der Waals surface area contributed by atoms with E-state index in [1.807, 2.05) is 24.3 Å². The van der Waals surface area contributed by atoms with E-state index in [2.05, 4.69) is 10.4 Å². The maximum Gasteiger partial charge on any atom is 0.345 e. The van der Waals surface area contributed by atoms with Gasteiger partial charge in [0.25, 0.3) is 0 Å². The van der Waals surface area contributed by atoms with Crippen molar-refractivity contribution in [2.75, 3.05) is 13.7 Å². The lowest BCUT2D eigenvalue weighted by atomic mass is 10.2. The number of hydrogen-bond acceptors (Lipinski definition) is 4. The first-order chi connectivity index (χ1) is 10.0. The molecule has 1 N–H and O–H groups in total. The molecule has 0 atom stereocenters. The van der Waals surface area contributed by atoms with Crippen molar-refractivity contribution in [3.05, 3.63) is 34.7 Å². The monoisotopic (exact) mass is 290 g/mol. The van der Waals surface area contributed by atoms with Crippen molar-refractivity contribution in [3.63, 3.8) is 0 Å². The van der Waals surface area contributed by atoms with Crippen LogP contribution in [0.5, 0.6) is 5.75 Å². The number of methoxy groups -OCH3 is 1. The number of nitrogens with zero attached hydrogens (tertiary/aromatic N) is 3. The van der Waals surface area contributed by atoms with E-state index in [0.29, 0.717) is 18.9 Å². The summed E-state index contributed by atoms with van der Waals surface area (Å²) >= 11 is 0. The molecule has 21 heavy (non-hydrogen) atoms. The molecule has 7 nitrogen and oxygen atoms in total. The second kappa shape index (κ2) is 6.25. The van der Waals surface area contributed by atoms with Crippen molar-refractivity contribution in [1.82, 2.24) is 19.7 Å². The van der Waals surface area contributed by atoms with Gasteiger partial charge in [0.15, 0.2) is 5.82 Å². The van der Waals surface area contributed by atoms with E-state index >= 15 is 0 Å². The summed E-state index contributed by atoms with van der Waals surface area (Å²) in [7, 11) is 3.27. The minimum atomic E-state index is -0.217. The van der Waals surface area contributed by atoms with Gasteiger partial charge in [-0.25, -0.2) is 9.48 Å². The number of hydrogen-bond donors (Lipinski definition) is 1. The topological polar surface area (TPSA) is 78.2 Å². The van der Waals surface area contributed by atoms with E-state index in [9.17, 15) is 9.59 Å². The van der Waals surface area contributed by atoms with Gasteiger partial charge in [0.2, 0.25) is 5.91 Å². The molecule has 0 aliphatic rings. The fourth-order valence-corrected chi connectivity index (χ4v) is 1.96. The lowest BCUT2D eigenvalue weighted by molar-refractivity contribution is -0.118. The average molecular weight is 290 g/mol. The van der Waals surface area contributed by atoms with Gasteiger partial charge in [0, 0.05) is 26.1 Å². The van der Waals surface area contributed by atoms with Crippen molar-refractivity contribution in [1.29, 1.82) is 0 Å². The first kappa shape index (κ1) is 14.8. The first-order valence-corrected chi connectivity index (χ1v) is 6.55. The Morgan fingerprint density at radius 1 is 1.33 bits per heavy atom. The number of nitrogens with one attached hydrogen (secondary N) is 1. The predicted octanol–water partition coefficient (Wildman–Crippen LogP) is 0.393. The van der Waals surface area contributed by atoms with Crippen LogP contribution in [-0.2, 0) is 18.4 Å². The molecule has 1 amide bonds. The van der Waals surface area contributed by atoms with Crippen LogP contribution in [0.15, 0.2) is 29.1 Å². The second-order valence-electron chi connectivity index (χ2n) is 4.60. The van der Waals surface area contributed by atoms with Crippen LogP contribution >= 0.6 is 0 Å². The predicted molar refractivity (Wildman–Crippen MR) is 78.1 cm³/mol. The number of carbonyl (C=O) groups is 1. The van der Waals surface area contributed by atoms with E-state index in [-0.39, 0.29) is 11.6 Å². The molecule has 7 heteroatoms. The fraction of sp³-hybridized carbons (Fsp3) is 0.357. The lowest BCUT2D eigenvalue weighted by Crippen LogP contribution is -2.30. The minimum absolute atomic E-state index is 0.130. The van der Waals surface area contributed by atoms with Crippen LogP contribution in [0, 0.1) is 0 Å². The summed E-state index contributed by atoms with van der Waals surface area (Å²) in [4.78, 5) is 22.9. The fourth-order valence-electron chi connectivity index (χ4n) is 1.96. The highest BCUT2D eigenvalue weighted by Crippen LogP contribution is 2.19. The van der Waals surface area contributed by atoms with E-state index < -0.39 is 0 Å². The summed E-state index contributed by atoms with van der Waals surface area (Å²) in [5.74, 6) is 1.19. The number of amides is 1. The summed E-state index contributed by atoms with van der Waals surface area (Å²) < 4.78 is 7.93. The normalized spacial score (nSPS) is 10.4. The minimum Gasteiger partial charge on any atom is -0.497 e. The number of aromatic nitrogens is 3. The molecular weight excluding hydrogens is 272 g/mol. The molecule has 2 rings (SSSR count). The van der Waals surface area contributed by atoms with Gasteiger partial charge >= 0.3 is 5.69 Å². The highest BCUT2D eigenvalue weighted by molar-refractivity contribution is 5.72. The highest BCUT2D eigenvalue weighted by atomic mass is 16.5. The quantitative estimate of drug-likeness (QED) is 0.864. The SMILES string of the molecule is COc1ccc(-c2nn(CCNC(C)=O)c(=O)n2C)cc1. The van der Waals surface area contributed by atoms with E-state index in [1.54, 1.807) is 14.2 Å². The average Bonchev–Trinajstić information content (AvgIpc) is 2.75. The molecule has 0 aliphatic carbocycles. The maximum atomic E-state index is 12.1. The Balaban J connectivity index is 2.24. The van der Waals surface area contributed by atoms with Crippen LogP contribution in [-0.4, -0.2) is 33.9 Å². The number of carbonyl (C=O) groups excluding carboxylic acids is 1. The van der Waals surface area contributed by atoms with Crippen LogP contribution in [0.3, 0.4) is 0 Å². The Morgan fingerprint density at radius 3 is 2.57 bits per heavy atom. The Kier molecular flexibility index (Phi) is 4.42. The van der Waals surface area contributed by atoms with Crippen LogP contribution in [0.2, 0.25) is 0 Å². The molecule has 2 aromatic rings. The van der Waals surface area contributed by atoms with Crippen molar-refractivity contribution in [2.45, 2.75) is 13.5 Å². The molecule has 0 saturated heterocycles. The highest BCUT2D eigenvalue weighted by Gasteiger charge is 2.12. The van der Waals surface area contributed by atoms with Crippen LogP contribution < -0.4 is 15.7 Å². The molecule has 1 aromatic heterocycles. The summed E-state index contributed by atoms with van der Waals surface area (Å²) in [5, 5.41) is 6.95. The van der Waals surface area contributed by atoms with Gasteiger partial charge in [-0.1, -0.05) is 0 Å². The van der Waals surface area contributed by atoms with Crippen molar-refractivity contribution in [3.8, 4) is 17.1 Å². The molecule has 112 valence electrons. The molecule has 1 aromatic carbocycles. The Morgan fingerprint density at radius 2 is 2.00 bits per heavy atom. The largest absolute Gasteiger partial charge is 0.497 e. The molecule has 0 fully saturated rings. The standard InChI is InChI=1S/C14H18N4O3/c1-10(19)15-8-9-18-14(20)17(2)13(16-18)11-4-6-12(21-3)7-5-11/h4-7H,8-9H2,1-3H3,(H,15,19). The summed E-state index contributed by atoms with van der Waals surface area (Å²) in [6.07, 6.45) is 0. The Hall–Kier alpha value is -2.57. The molecule has 0 unspecified atom stereocenters. The summed E-state index contributed by atoms with van der Waals surface area (Å²) in [6.45, 7) is 2.14. The molecule has 0 radical (unpaired) electrons. The summed E-state index contributed by atoms with van der Waals surface area (Å²) in [6, 6.07) is 7.32. The molecule has 1 heterocycles. The lowest BCUT2D eigenvalue weighted by Gasteiger charge is -2.02. The van der Waals surface area contributed by atoms with Crippen LogP contribution in [0.25, 0.3) is 11.4 Å².